The molecule has 3 nitrogen and oxygen atoms in total. The molecule has 1 aromatic heterocycles. The van der Waals surface area contributed by atoms with Crippen molar-refractivity contribution in [2.75, 3.05) is 0 Å². The highest BCUT2D eigenvalue weighted by Crippen LogP contribution is 2.22. The molecule has 2 rings (SSSR count). The Balaban J connectivity index is 3.01. The van der Waals surface area contributed by atoms with Gasteiger partial charge in [0.05, 0.1) is 10.5 Å². The summed E-state index contributed by atoms with van der Waals surface area (Å²) < 4.78 is 0.866. The summed E-state index contributed by atoms with van der Waals surface area (Å²) in [5.41, 5.74) is 0.383. The van der Waals surface area contributed by atoms with E-state index in [1.807, 2.05) is 6.07 Å². The van der Waals surface area contributed by atoms with Crippen molar-refractivity contribution >= 4 is 45.1 Å². The molecule has 0 aliphatic carbocycles. The van der Waals surface area contributed by atoms with Crippen molar-refractivity contribution in [1.82, 2.24) is 4.98 Å². The minimum atomic E-state index is -0.285. The highest BCUT2D eigenvalue weighted by atomic mass is 127. The van der Waals surface area contributed by atoms with Gasteiger partial charge in [0.1, 0.15) is 11.6 Å². The maximum atomic E-state index is 11.8. The number of hydrogen-bond donors (Lipinski definition) is 1. The summed E-state index contributed by atoms with van der Waals surface area (Å²) in [6.45, 7) is 0. The highest BCUT2D eigenvalue weighted by Gasteiger charge is 2.08. The lowest BCUT2D eigenvalue weighted by Crippen LogP contribution is -2.07. The van der Waals surface area contributed by atoms with E-state index < -0.39 is 0 Å². The third-order valence-electron chi connectivity index (χ3n) is 2.03. The zero-order valence-corrected chi connectivity index (χ0v) is 10.3. The lowest BCUT2D eigenvalue weighted by Gasteiger charge is -2.01. The quantitative estimate of drug-likeness (QED) is 0.755. The minimum Gasteiger partial charge on any atom is -0.358 e. The predicted octanol–water partition coefficient (Wildman–Crippen LogP) is 2.66. The number of aromatic nitrogens is 1. The van der Waals surface area contributed by atoms with Crippen molar-refractivity contribution in [3.05, 3.63) is 42.7 Å². The van der Waals surface area contributed by atoms with Gasteiger partial charge in [-0.3, -0.25) is 4.79 Å². The number of benzene rings is 1. The Morgan fingerprint density at radius 1 is 1.47 bits per heavy atom. The number of H-pyrrole nitrogens is 1. The van der Waals surface area contributed by atoms with Crippen molar-refractivity contribution in [3.8, 4) is 6.07 Å². The number of aromatic amines is 1. The summed E-state index contributed by atoms with van der Waals surface area (Å²) in [6.07, 6.45) is 1.38. The number of rotatable bonds is 0. The molecular formula is C10H4ClIN2O. The fourth-order valence-electron chi connectivity index (χ4n) is 1.34. The lowest BCUT2D eigenvalue weighted by molar-refractivity contribution is 1.34. The fourth-order valence-corrected chi connectivity index (χ4v) is 2.42. The Morgan fingerprint density at radius 3 is 2.87 bits per heavy atom. The van der Waals surface area contributed by atoms with Gasteiger partial charge in [-0.25, -0.2) is 0 Å². The third-order valence-corrected chi connectivity index (χ3v) is 2.95. The van der Waals surface area contributed by atoms with Crippen LogP contribution in [0.3, 0.4) is 0 Å². The second-order valence-electron chi connectivity index (χ2n) is 2.95. The number of pyridine rings is 1. The maximum Gasteiger partial charge on any atom is 0.207 e. The summed E-state index contributed by atoms with van der Waals surface area (Å²) in [4.78, 5) is 14.6. The molecule has 1 aromatic carbocycles. The van der Waals surface area contributed by atoms with E-state index in [2.05, 4.69) is 27.6 Å². The van der Waals surface area contributed by atoms with Crippen molar-refractivity contribution in [2.24, 2.45) is 0 Å². The first-order chi connectivity index (χ1) is 7.13. The van der Waals surface area contributed by atoms with Gasteiger partial charge >= 0.3 is 0 Å². The van der Waals surface area contributed by atoms with Crippen LogP contribution in [-0.2, 0) is 0 Å². The Hall–Kier alpha value is -1.06. The molecule has 0 atom stereocenters. The van der Waals surface area contributed by atoms with Crippen LogP contribution in [-0.4, -0.2) is 4.98 Å². The molecule has 0 bridgehead atoms. The molecule has 0 amide bonds. The fraction of sp³-hybridized carbons (Fsp3) is 0. The van der Waals surface area contributed by atoms with Crippen LogP contribution in [0, 0.1) is 14.9 Å². The van der Waals surface area contributed by atoms with Crippen LogP contribution in [0.2, 0.25) is 5.02 Å². The lowest BCUT2D eigenvalue weighted by atomic mass is 10.1. The molecular weight excluding hydrogens is 326 g/mol. The summed E-state index contributed by atoms with van der Waals surface area (Å²) >= 11 is 8.05. The van der Waals surface area contributed by atoms with Gasteiger partial charge < -0.3 is 4.98 Å². The van der Waals surface area contributed by atoms with Crippen LogP contribution in [0.15, 0.2) is 23.1 Å². The van der Waals surface area contributed by atoms with Gasteiger partial charge in [-0.15, -0.1) is 0 Å². The predicted molar refractivity (Wildman–Crippen MR) is 67.0 cm³/mol. The third kappa shape index (κ3) is 1.73. The molecule has 0 saturated heterocycles. The summed E-state index contributed by atoms with van der Waals surface area (Å²) in [6, 6.07) is 5.30. The molecule has 2 aromatic rings. The Morgan fingerprint density at radius 2 is 2.20 bits per heavy atom. The number of fused-ring (bicyclic) bond motifs is 1. The average molecular weight is 331 g/mol. The molecule has 0 saturated carbocycles. The van der Waals surface area contributed by atoms with Gasteiger partial charge in [0.2, 0.25) is 5.43 Å². The summed E-state index contributed by atoms with van der Waals surface area (Å²) in [5, 5.41) is 9.65. The number of halogens is 2. The van der Waals surface area contributed by atoms with E-state index >= 15 is 0 Å². The van der Waals surface area contributed by atoms with Crippen molar-refractivity contribution < 1.29 is 0 Å². The van der Waals surface area contributed by atoms with Crippen LogP contribution in [0.25, 0.3) is 10.9 Å². The average Bonchev–Trinajstić information content (AvgIpc) is 2.19. The van der Waals surface area contributed by atoms with Crippen LogP contribution < -0.4 is 5.43 Å². The number of hydrogen-bond acceptors (Lipinski definition) is 2. The van der Waals surface area contributed by atoms with E-state index in [0.29, 0.717) is 15.9 Å². The van der Waals surface area contributed by atoms with Crippen LogP contribution in [0.5, 0.6) is 0 Å². The van der Waals surface area contributed by atoms with Gasteiger partial charge in [0.15, 0.2) is 0 Å². The van der Waals surface area contributed by atoms with E-state index in [1.54, 1.807) is 12.1 Å². The molecule has 5 heteroatoms. The zero-order chi connectivity index (χ0) is 11.0. The van der Waals surface area contributed by atoms with E-state index in [-0.39, 0.29) is 11.0 Å². The maximum absolute atomic E-state index is 11.8. The number of nitriles is 1. The molecule has 1 N–H and O–H groups in total. The first kappa shape index (κ1) is 10.5. The van der Waals surface area contributed by atoms with E-state index in [1.165, 1.54) is 6.20 Å². The SMILES string of the molecule is N#Cc1c[nH]c2c(Cl)cc(I)cc2c1=O. The van der Waals surface area contributed by atoms with Crippen molar-refractivity contribution in [2.45, 2.75) is 0 Å². The monoisotopic (exact) mass is 330 g/mol. The van der Waals surface area contributed by atoms with Crippen LogP contribution >= 0.6 is 34.2 Å². The molecule has 74 valence electrons. The molecule has 15 heavy (non-hydrogen) atoms. The first-order valence-electron chi connectivity index (χ1n) is 4.04. The highest BCUT2D eigenvalue weighted by molar-refractivity contribution is 14.1. The minimum absolute atomic E-state index is 0.0977. The van der Waals surface area contributed by atoms with Crippen LogP contribution in [0.1, 0.15) is 5.56 Å². The topological polar surface area (TPSA) is 56.6 Å². The molecule has 1 heterocycles. The molecule has 0 radical (unpaired) electrons. The molecule has 0 fully saturated rings. The largest absolute Gasteiger partial charge is 0.358 e. The van der Waals surface area contributed by atoms with E-state index in [9.17, 15) is 4.79 Å². The molecule has 0 aliphatic rings. The normalized spacial score (nSPS) is 10.2. The number of nitrogens with one attached hydrogen (secondary N) is 1. The second-order valence-corrected chi connectivity index (χ2v) is 4.61. The molecule has 0 spiro atoms. The molecule has 0 aliphatic heterocycles. The van der Waals surface area contributed by atoms with Gasteiger partial charge in [-0.05, 0) is 34.7 Å². The Bertz CT molecular complexity index is 642. The van der Waals surface area contributed by atoms with Crippen molar-refractivity contribution in [1.29, 1.82) is 5.26 Å². The van der Waals surface area contributed by atoms with Gasteiger partial charge in [0, 0.05) is 15.2 Å². The van der Waals surface area contributed by atoms with Gasteiger partial charge in [-0.1, -0.05) is 11.6 Å². The van der Waals surface area contributed by atoms with Crippen molar-refractivity contribution in [3.63, 3.8) is 0 Å². The smallest absolute Gasteiger partial charge is 0.207 e. The van der Waals surface area contributed by atoms with Gasteiger partial charge in [0.25, 0.3) is 0 Å². The summed E-state index contributed by atoms with van der Waals surface area (Å²) in [7, 11) is 0. The van der Waals surface area contributed by atoms with Gasteiger partial charge in [-0.2, -0.15) is 5.26 Å². The second kappa shape index (κ2) is 3.83. The zero-order valence-electron chi connectivity index (χ0n) is 7.34. The van der Waals surface area contributed by atoms with Crippen LogP contribution in [0.4, 0.5) is 0 Å². The Kier molecular flexibility index (Phi) is 2.67. The van der Waals surface area contributed by atoms with E-state index in [4.69, 9.17) is 16.9 Å². The standard InChI is InChI=1S/C10H4ClIN2O/c11-8-2-6(12)1-7-9(8)14-4-5(3-13)10(7)15/h1-2,4H,(H,14,15). The number of nitrogens with zero attached hydrogens (tertiary/aromatic N) is 1. The van der Waals surface area contributed by atoms with E-state index in [0.717, 1.165) is 3.57 Å². The molecule has 0 unspecified atom stereocenters. The summed E-state index contributed by atoms with van der Waals surface area (Å²) in [5.74, 6) is 0. The first-order valence-corrected chi connectivity index (χ1v) is 5.49. The Labute approximate surface area is 104 Å².